The first-order valence-electron chi connectivity index (χ1n) is 5.31. The predicted molar refractivity (Wildman–Crippen MR) is 72.3 cm³/mol. The Bertz CT molecular complexity index is 651. The minimum absolute atomic E-state index is 0.144. The van der Waals surface area contributed by atoms with Crippen molar-refractivity contribution in [3.63, 3.8) is 0 Å². The predicted octanol–water partition coefficient (Wildman–Crippen LogP) is 2.13. The molecular formula is C12H10BrN3O3. The zero-order valence-corrected chi connectivity index (χ0v) is 11.5. The zero-order chi connectivity index (χ0) is 14.0. The SMILES string of the molecule is Cn1nccc1C(=O)Nc1ccc(C(=O)O)cc1Br. The van der Waals surface area contributed by atoms with Gasteiger partial charge in [-0.25, -0.2) is 4.79 Å². The standard InChI is InChI=1S/C12H10BrN3O3/c1-16-10(4-5-14-16)11(17)15-9-3-2-7(12(18)19)6-8(9)13/h2-6H,1H3,(H,15,17)(H,18,19). The Morgan fingerprint density at radius 3 is 2.63 bits per heavy atom. The van der Waals surface area contributed by atoms with E-state index in [4.69, 9.17) is 5.11 Å². The number of carboxylic acids is 1. The molecule has 19 heavy (non-hydrogen) atoms. The van der Waals surface area contributed by atoms with Crippen LogP contribution < -0.4 is 5.32 Å². The molecule has 0 aliphatic heterocycles. The Kier molecular flexibility index (Phi) is 3.66. The average Bonchev–Trinajstić information content (AvgIpc) is 2.77. The van der Waals surface area contributed by atoms with Crippen molar-refractivity contribution in [2.24, 2.45) is 7.05 Å². The second-order valence-corrected chi connectivity index (χ2v) is 4.65. The molecule has 0 fully saturated rings. The number of nitrogens with zero attached hydrogens (tertiary/aromatic N) is 2. The van der Waals surface area contributed by atoms with Crippen LogP contribution in [-0.4, -0.2) is 26.8 Å². The van der Waals surface area contributed by atoms with E-state index in [9.17, 15) is 9.59 Å². The number of anilines is 1. The Hall–Kier alpha value is -2.15. The van der Waals surface area contributed by atoms with Crippen LogP contribution in [0, 0.1) is 0 Å². The van der Waals surface area contributed by atoms with Gasteiger partial charge in [0.05, 0.1) is 11.3 Å². The van der Waals surface area contributed by atoms with Crippen molar-refractivity contribution in [3.8, 4) is 0 Å². The minimum Gasteiger partial charge on any atom is -0.478 e. The quantitative estimate of drug-likeness (QED) is 0.906. The topological polar surface area (TPSA) is 84.2 Å². The van der Waals surface area contributed by atoms with Gasteiger partial charge in [0.15, 0.2) is 0 Å². The van der Waals surface area contributed by atoms with Crippen LogP contribution in [0.15, 0.2) is 34.9 Å². The summed E-state index contributed by atoms with van der Waals surface area (Å²) in [4.78, 5) is 22.8. The van der Waals surface area contributed by atoms with Crippen molar-refractivity contribution in [1.29, 1.82) is 0 Å². The molecule has 2 N–H and O–H groups in total. The maximum Gasteiger partial charge on any atom is 0.335 e. The Morgan fingerprint density at radius 1 is 1.37 bits per heavy atom. The van der Waals surface area contributed by atoms with Crippen molar-refractivity contribution in [2.75, 3.05) is 5.32 Å². The van der Waals surface area contributed by atoms with Crippen molar-refractivity contribution in [2.45, 2.75) is 0 Å². The molecule has 0 bridgehead atoms. The Balaban J connectivity index is 2.23. The third-order valence-corrected chi connectivity index (χ3v) is 3.17. The van der Waals surface area contributed by atoms with Gasteiger partial charge in [0.2, 0.25) is 0 Å². The summed E-state index contributed by atoms with van der Waals surface area (Å²) in [5.41, 5.74) is 1.05. The fraction of sp³-hybridized carbons (Fsp3) is 0.0833. The number of halogens is 1. The number of carbonyl (C=O) groups excluding carboxylic acids is 1. The Labute approximate surface area is 117 Å². The smallest absolute Gasteiger partial charge is 0.335 e. The summed E-state index contributed by atoms with van der Waals surface area (Å²) in [5.74, 6) is -1.34. The van der Waals surface area contributed by atoms with E-state index in [-0.39, 0.29) is 11.5 Å². The molecule has 0 spiro atoms. The van der Waals surface area contributed by atoms with Gasteiger partial charge in [-0.1, -0.05) is 0 Å². The van der Waals surface area contributed by atoms with Crippen LogP contribution in [-0.2, 0) is 7.05 Å². The van der Waals surface area contributed by atoms with E-state index in [1.54, 1.807) is 13.1 Å². The molecular weight excluding hydrogens is 314 g/mol. The number of rotatable bonds is 3. The van der Waals surface area contributed by atoms with E-state index in [0.717, 1.165) is 0 Å². The third kappa shape index (κ3) is 2.82. The summed E-state index contributed by atoms with van der Waals surface area (Å²) in [6.45, 7) is 0. The highest BCUT2D eigenvalue weighted by Gasteiger charge is 2.13. The highest BCUT2D eigenvalue weighted by molar-refractivity contribution is 9.10. The summed E-state index contributed by atoms with van der Waals surface area (Å²) >= 11 is 3.23. The monoisotopic (exact) mass is 323 g/mol. The van der Waals surface area contributed by atoms with Crippen LogP contribution in [0.4, 0.5) is 5.69 Å². The first-order chi connectivity index (χ1) is 8.99. The van der Waals surface area contributed by atoms with Gasteiger partial charge in [-0.3, -0.25) is 9.48 Å². The summed E-state index contributed by atoms with van der Waals surface area (Å²) < 4.78 is 1.96. The molecule has 2 rings (SSSR count). The van der Waals surface area contributed by atoms with E-state index in [1.165, 1.54) is 29.1 Å². The molecule has 0 aliphatic rings. The Morgan fingerprint density at radius 2 is 2.11 bits per heavy atom. The van der Waals surface area contributed by atoms with Crippen molar-refractivity contribution < 1.29 is 14.7 Å². The maximum absolute atomic E-state index is 12.0. The largest absolute Gasteiger partial charge is 0.478 e. The number of hydrogen-bond acceptors (Lipinski definition) is 3. The molecule has 0 unspecified atom stereocenters. The lowest BCUT2D eigenvalue weighted by atomic mass is 10.2. The van der Waals surface area contributed by atoms with Gasteiger partial charge in [-0.15, -0.1) is 0 Å². The van der Waals surface area contributed by atoms with Crippen LogP contribution in [0.1, 0.15) is 20.8 Å². The molecule has 1 heterocycles. The number of amides is 1. The molecule has 7 heteroatoms. The van der Waals surface area contributed by atoms with Gasteiger partial charge in [0.1, 0.15) is 5.69 Å². The molecule has 0 atom stereocenters. The molecule has 1 aromatic carbocycles. The molecule has 2 aromatic rings. The molecule has 1 amide bonds. The van der Waals surface area contributed by atoms with Gasteiger partial charge >= 0.3 is 5.97 Å². The average molecular weight is 324 g/mol. The first-order valence-corrected chi connectivity index (χ1v) is 6.10. The van der Waals surface area contributed by atoms with Crippen molar-refractivity contribution in [1.82, 2.24) is 9.78 Å². The maximum atomic E-state index is 12.0. The first kappa shape index (κ1) is 13.3. The van der Waals surface area contributed by atoms with Crippen molar-refractivity contribution >= 4 is 33.5 Å². The number of hydrogen-bond donors (Lipinski definition) is 2. The van der Waals surface area contributed by atoms with Gasteiger partial charge in [0, 0.05) is 17.7 Å². The number of aromatic nitrogens is 2. The molecule has 0 saturated carbocycles. The molecule has 6 nitrogen and oxygen atoms in total. The van der Waals surface area contributed by atoms with E-state index in [1.807, 2.05) is 0 Å². The van der Waals surface area contributed by atoms with Crippen LogP contribution in [0.25, 0.3) is 0 Å². The van der Waals surface area contributed by atoms with Crippen LogP contribution in [0.5, 0.6) is 0 Å². The number of carboxylic acid groups (broad SMARTS) is 1. The number of carbonyl (C=O) groups is 2. The summed E-state index contributed by atoms with van der Waals surface area (Å²) in [6, 6.07) is 5.98. The van der Waals surface area contributed by atoms with E-state index in [0.29, 0.717) is 15.9 Å². The highest BCUT2D eigenvalue weighted by Crippen LogP contribution is 2.24. The number of aromatic carboxylic acids is 1. The summed E-state index contributed by atoms with van der Waals surface area (Å²) in [5, 5.41) is 15.4. The highest BCUT2D eigenvalue weighted by atomic mass is 79.9. The van der Waals surface area contributed by atoms with Gasteiger partial charge in [-0.05, 0) is 40.2 Å². The molecule has 98 valence electrons. The second kappa shape index (κ2) is 5.23. The van der Waals surface area contributed by atoms with Gasteiger partial charge in [-0.2, -0.15) is 5.10 Å². The molecule has 0 radical (unpaired) electrons. The van der Waals surface area contributed by atoms with Gasteiger partial charge in [0.25, 0.3) is 5.91 Å². The fourth-order valence-electron chi connectivity index (χ4n) is 1.53. The van der Waals surface area contributed by atoms with Crippen LogP contribution in [0.2, 0.25) is 0 Å². The normalized spacial score (nSPS) is 10.2. The summed E-state index contributed by atoms with van der Waals surface area (Å²) in [6.07, 6.45) is 1.53. The molecule has 0 aliphatic carbocycles. The lowest BCUT2D eigenvalue weighted by Gasteiger charge is -2.08. The molecule has 0 saturated heterocycles. The zero-order valence-electron chi connectivity index (χ0n) is 9.92. The lowest BCUT2D eigenvalue weighted by Crippen LogP contribution is -2.16. The fourth-order valence-corrected chi connectivity index (χ4v) is 2.01. The molecule has 1 aromatic heterocycles. The van der Waals surface area contributed by atoms with E-state index in [2.05, 4.69) is 26.3 Å². The number of benzene rings is 1. The summed E-state index contributed by atoms with van der Waals surface area (Å²) in [7, 11) is 1.66. The van der Waals surface area contributed by atoms with E-state index >= 15 is 0 Å². The van der Waals surface area contributed by atoms with Crippen LogP contribution >= 0.6 is 15.9 Å². The third-order valence-electron chi connectivity index (χ3n) is 2.52. The lowest BCUT2D eigenvalue weighted by molar-refractivity contribution is 0.0696. The van der Waals surface area contributed by atoms with Gasteiger partial charge < -0.3 is 10.4 Å². The van der Waals surface area contributed by atoms with Crippen molar-refractivity contribution in [3.05, 3.63) is 46.2 Å². The van der Waals surface area contributed by atoms with E-state index < -0.39 is 5.97 Å². The van der Waals surface area contributed by atoms with Crippen LogP contribution in [0.3, 0.4) is 0 Å². The number of nitrogens with one attached hydrogen (secondary N) is 1. The second-order valence-electron chi connectivity index (χ2n) is 3.79. The minimum atomic E-state index is -1.02. The number of aryl methyl sites for hydroxylation is 1.